The van der Waals surface area contributed by atoms with E-state index < -0.39 is 0 Å². The van der Waals surface area contributed by atoms with E-state index in [0.717, 1.165) is 13.1 Å². The van der Waals surface area contributed by atoms with Crippen LogP contribution in [0, 0.1) is 0 Å². The number of benzene rings is 2. The average molecular weight is 320 g/mol. The van der Waals surface area contributed by atoms with Gasteiger partial charge in [0.15, 0.2) is 0 Å². The number of rotatable bonds is 11. The molecule has 0 amide bonds. The summed E-state index contributed by atoms with van der Waals surface area (Å²) in [7, 11) is 0. The smallest absolute Gasteiger partial charge is 0.0389 e. The minimum Gasteiger partial charge on any atom is -0.293 e. The van der Waals surface area contributed by atoms with Crippen LogP contribution in [0.3, 0.4) is 0 Å². The molecule has 2 aromatic rings. The van der Waals surface area contributed by atoms with Crippen LogP contribution >= 0.6 is 0 Å². The van der Waals surface area contributed by atoms with Crippen molar-refractivity contribution in [3.05, 3.63) is 71.8 Å². The first-order valence-corrected chi connectivity index (χ1v) is 9.05. The fourth-order valence-electron chi connectivity index (χ4n) is 2.53. The van der Waals surface area contributed by atoms with Gasteiger partial charge in [0, 0.05) is 25.5 Å². The van der Waals surface area contributed by atoms with E-state index in [1.54, 1.807) is 0 Å². The van der Waals surface area contributed by atoms with Gasteiger partial charge < -0.3 is 0 Å². The van der Waals surface area contributed by atoms with Gasteiger partial charge in [-0.2, -0.15) is 0 Å². The summed E-state index contributed by atoms with van der Waals surface area (Å²) in [5, 5.41) is 0. The molecule has 0 heterocycles. The summed E-state index contributed by atoms with van der Waals surface area (Å²) in [6.45, 7) is 1.88. The average Bonchev–Trinajstić information content (AvgIpc) is 2.64. The Morgan fingerprint density at radius 2 is 0.875 bits per heavy atom. The van der Waals surface area contributed by atoms with E-state index >= 15 is 0 Å². The first kappa shape index (κ1) is 18.1. The highest BCUT2D eigenvalue weighted by atomic mass is 14.7. The Bertz CT molecular complexity index is 532. The summed E-state index contributed by atoms with van der Waals surface area (Å²) in [4.78, 5) is 8.97. The molecule has 0 aliphatic rings. The molecule has 0 N–H and O–H groups in total. The fraction of sp³-hybridized carbons (Fsp3) is 0.364. The molecule has 0 spiro atoms. The molecule has 2 rings (SSSR count). The molecule has 2 aromatic carbocycles. The van der Waals surface area contributed by atoms with E-state index in [2.05, 4.69) is 34.3 Å². The second-order valence-electron chi connectivity index (χ2n) is 6.01. The summed E-state index contributed by atoms with van der Waals surface area (Å²) < 4.78 is 0. The van der Waals surface area contributed by atoms with Gasteiger partial charge in [-0.1, -0.05) is 86.3 Å². The van der Waals surface area contributed by atoms with Crippen molar-refractivity contribution in [2.24, 2.45) is 9.98 Å². The molecule has 0 fully saturated rings. The topological polar surface area (TPSA) is 24.7 Å². The summed E-state index contributed by atoms with van der Waals surface area (Å²) in [6.07, 6.45) is 11.5. The maximum Gasteiger partial charge on any atom is 0.0389 e. The van der Waals surface area contributed by atoms with Crippen LogP contribution in [0.25, 0.3) is 0 Å². The lowest BCUT2D eigenvalue weighted by atomic mass is 10.1. The van der Waals surface area contributed by atoms with Gasteiger partial charge in [-0.15, -0.1) is 0 Å². The van der Waals surface area contributed by atoms with E-state index in [-0.39, 0.29) is 0 Å². The largest absolute Gasteiger partial charge is 0.293 e. The maximum atomic E-state index is 4.48. The van der Waals surface area contributed by atoms with E-state index in [1.807, 2.05) is 48.8 Å². The number of aliphatic imine (C=N–C) groups is 2. The van der Waals surface area contributed by atoms with Gasteiger partial charge in [-0.3, -0.25) is 9.98 Å². The summed E-state index contributed by atoms with van der Waals surface area (Å²) in [6, 6.07) is 20.6. The third-order valence-corrected chi connectivity index (χ3v) is 3.90. The molecule has 0 saturated carbocycles. The lowest BCUT2D eigenvalue weighted by molar-refractivity contribution is 0.602. The summed E-state index contributed by atoms with van der Waals surface area (Å²) >= 11 is 0. The summed E-state index contributed by atoms with van der Waals surface area (Å²) in [5.41, 5.74) is 2.38. The zero-order chi connectivity index (χ0) is 16.7. The van der Waals surface area contributed by atoms with Gasteiger partial charge in [-0.25, -0.2) is 0 Å². The minimum atomic E-state index is 0.941. The second-order valence-corrected chi connectivity index (χ2v) is 6.01. The van der Waals surface area contributed by atoms with Gasteiger partial charge in [0.05, 0.1) is 0 Å². The first-order chi connectivity index (χ1) is 11.9. The second kappa shape index (κ2) is 12.2. The van der Waals surface area contributed by atoms with Crippen LogP contribution in [-0.4, -0.2) is 25.5 Å². The normalized spacial score (nSPS) is 11.5. The Labute approximate surface area is 146 Å². The Morgan fingerprint density at radius 1 is 0.500 bits per heavy atom. The maximum absolute atomic E-state index is 4.48. The molecular formula is C22H28N2. The quantitative estimate of drug-likeness (QED) is 0.382. The molecule has 0 unspecified atom stereocenters. The molecular weight excluding hydrogens is 292 g/mol. The van der Waals surface area contributed by atoms with E-state index in [9.17, 15) is 0 Å². The van der Waals surface area contributed by atoms with Crippen LogP contribution in [0.1, 0.15) is 49.7 Å². The van der Waals surface area contributed by atoms with Crippen LogP contribution in [0.15, 0.2) is 70.6 Å². The predicted molar refractivity (Wildman–Crippen MR) is 106 cm³/mol. The number of hydrogen-bond donors (Lipinski definition) is 0. The highest BCUT2D eigenvalue weighted by molar-refractivity contribution is 5.79. The van der Waals surface area contributed by atoms with Crippen molar-refractivity contribution in [2.75, 3.05) is 13.1 Å². The molecule has 0 saturated heterocycles. The molecule has 24 heavy (non-hydrogen) atoms. The van der Waals surface area contributed by atoms with Crippen LogP contribution in [-0.2, 0) is 0 Å². The Balaban J connectivity index is 1.40. The zero-order valence-corrected chi connectivity index (χ0v) is 14.5. The van der Waals surface area contributed by atoms with Crippen molar-refractivity contribution in [3.8, 4) is 0 Å². The van der Waals surface area contributed by atoms with Gasteiger partial charge in [0.2, 0.25) is 0 Å². The summed E-state index contributed by atoms with van der Waals surface area (Å²) in [5.74, 6) is 0. The predicted octanol–water partition coefficient (Wildman–Crippen LogP) is 5.57. The van der Waals surface area contributed by atoms with Crippen LogP contribution in [0.2, 0.25) is 0 Å². The first-order valence-electron chi connectivity index (χ1n) is 9.05. The third kappa shape index (κ3) is 8.42. The van der Waals surface area contributed by atoms with Gasteiger partial charge in [0.1, 0.15) is 0 Å². The molecule has 0 bridgehead atoms. The molecule has 0 aliphatic carbocycles. The van der Waals surface area contributed by atoms with Crippen molar-refractivity contribution in [2.45, 2.75) is 38.5 Å². The van der Waals surface area contributed by atoms with Crippen molar-refractivity contribution >= 4 is 12.4 Å². The van der Waals surface area contributed by atoms with Gasteiger partial charge in [0.25, 0.3) is 0 Å². The van der Waals surface area contributed by atoms with Crippen LogP contribution < -0.4 is 0 Å². The molecule has 0 aliphatic heterocycles. The molecule has 2 heteroatoms. The van der Waals surface area contributed by atoms with Crippen molar-refractivity contribution in [3.63, 3.8) is 0 Å². The third-order valence-electron chi connectivity index (χ3n) is 3.90. The molecule has 2 nitrogen and oxygen atoms in total. The van der Waals surface area contributed by atoms with Crippen molar-refractivity contribution in [1.82, 2.24) is 0 Å². The Morgan fingerprint density at radius 3 is 1.29 bits per heavy atom. The lowest BCUT2D eigenvalue weighted by Gasteiger charge is -1.99. The number of nitrogens with zero attached hydrogens (tertiary/aromatic N) is 2. The van der Waals surface area contributed by atoms with E-state index in [0.29, 0.717) is 0 Å². The monoisotopic (exact) mass is 320 g/mol. The number of hydrogen-bond acceptors (Lipinski definition) is 2. The van der Waals surface area contributed by atoms with Crippen LogP contribution in [0.4, 0.5) is 0 Å². The Kier molecular flexibility index (Phi) is 9.24. The highest BCUT2D eigenvalue weighted by Gasteiger charge is 1.91. The van der Waals surface area contributed by atoms with Gasteiger partial charge >= 0.3 is 0 Å². The molecule has 126 valence electrons. The standard InChI is InChI=1S/C22H28N2/c1(3-11-17-23-19-21-13-7-5-8-14-21)2-4-12-18-24-20-22-15-9-6-10-16-22/h5-10,13-16,19-20H,1-4,11-12,17-18H2. The van der Waals surface area contributed by atoms with Crippen LogP contribution in [0.5, 0.6) is 0 Å². The van der Waals surface area contributed by atoms with Crippen molar-refractivity contribution < 1.29 is 0 Å². The van der Waals surface area contributed by atoms with E-state index in [1.165, 1.54) is 49.7 Å². The number of unbranched alkanes of at least 4 members (excludes halogenated alkanes) is 5. The Hall–Kier alpha value is -2.22. The SMILES string of the molecule is C(=NCCCCCCCCN=Cc1ccccc1)c1ccccc1. The molecule has 0 radical (unpaired) electrons. The van der Waals surface area contributed by atoms with E-state index in [4.69, 9.17) is 0 Å². The van der Waals surface area contributed by atoms with Crippen molar-refractivity contribution in [1.29, 1.82) is 0 Å². The lowest BCUT2D eigenvalue weighted by Crippen LogP contribution is -1.87. The van der Waals surface area contributed by atoms with Gasteiger partial charge in [-0.05, 0) is 24.0 Å². The zero-order valence-electron chi connectivity index (χ0n) is 14.5. The highest BCUT2D eigenvalue weighted by Crippen LogP contribution is 2.06. The molecule has 0 aromatic heterocycles. The molecule has 0 atom stereocenters. The minimum absolute atomic E-state index is 0.941. The fourth-order valence-corrected chi connectivity index (χ4v) is 2.53.